The van der Waals surface area contributed by atoms with Crippen molar-refractivity contribution >= 4 is 5.69 Å². The molecule has 0 fully saturated rings. The van der Waals surface area contributed by atoms with Crippen molar-refractivity contribution in [1.29, 1.82) is 5.26 Å². The first kappa shape index (κ1) is 15.3. The van der Waals surface area contributed by atoms with E-state index < -0.39 is 5.54 Å². The van der Waals surface area contributed by atoms with Gasteiger partial charge >= 0.3 is 0 Å². The highest BCUT2D eigenvalue weighted by atomic mass is 16.5. The Labute approximate surface area is 116 Å². The molecule has 19 heavy (non-hydrogen) atoms. The van der Waals surface area contributed by atoms with Crippen LogP contribution in [0, 0.1) is 11.3 Å². The van der Waals surface area contributed by atoms with Gasteiger partial charge < -0.3 is 9.64 Å². The standard InChI is InChI=1S/C15H23N3O/c1-5-10-17-15(2,11-16)12-18(3)13-8-6-7-9-14(13)19-4/h6-9,17H,5,10,12H2,1-4H3. The van der Waals surface area contributed by atoms with Gasteiger partial charge in [-0.25, -0.2) is 0 Å². The maximum Gasteiger partial charge on any atom is 0.142 e. The number of hydrogen-bond acceptors (Lipinski definition) is 4. The molecule has 0 aliphatic carbocycles. The molecule has 104 valence electrons. The second kappa shape index (κ2) is 7.01. The monoisotopic (exact) mass is 261 g/mol. The predicted octanol–water partition coefficient (Wildman–Crippen LogP) is 2.41. The average Bonchev–Trinajstić information content (AvgIpc) is 2.45. The third-order valence-electron chi connectivity index (χ3n) is 3.06. The third-order valence-corrected chi connectivity index (χ3v) is 3.06. The van der Waals surface area contributed by atoms with E-state index in [2.05, 4.69) is 18.3 Å². The molecule has 0 amide bonds. The lowest BCUT2D eigenvalue weighted by molar-refractivity contribution is 0.410. The number of nitrogens with one attached hydrogen (secondary N) is 1. The molecule has 0 aromatic heterocycles. The molecule has 1 aromatic rings. The van der Waals surface area contributed by atoms with Crippen molar-refractivity contribution < 1.29 is 4.74 Å². The second-order valence-corrected chi connectivity index (χ2v) is 4.90. The summed E-state index contributed by atoms with van der Waals surface area (Å²) in [6, 6.07) is 10.2. The number of para-hydroxylation sites is 2. The number of ether oxygens (including phenoxy) is 1. The first-order valence-electron chi connectivity index (χ1n) is 6.56. The highest BCUT2D eigenvalue weighted by Crippen LogP contribution is 2.27. The minimum absolute atomic E-state index is 0.564. The lowest BCUT2D eigenvalue weighted by Crippen LogP contribution is -2.50. The van der Waals surface area contributed by atoms with Crippen LogP contribution < -0.4 is 15.0 Å². The van der Waals surface area contributed by atoms with Gasteiger partial charge in [0.2, 0.25) is 0 Å². The van der Waals surface area contributed by atoms with Gasteiger partial charge in [-0.05, 0) is 32.0 Å². The predicted molar refractivity (Wildman–Crippen MR) is 78.6 cm³/mol. The molecule has 1 atom stereocenters. The van der Waals surface area contributed by atoms with Gasteiger partial charge in [-0.1, -0.05) is 19.1 Å². The number of benzene rings is 1. The summed E-state index contributed by atoms with van der Waals surface area (Å²) in [5, 5.41) is 12.7. The summed E-state index contributed by atoms with van der Waals surface area (Å²) in [7, 11) is 3.63. The Bertz CT molecular complexity index is 441. The molecule has 1 unspecified atom stereocenters. The largest absolute Gasteiger partial charge is 0.495 e. The molecule has 0 aliphatic rings. The van der Waals surface area contributed by atoms with E-state index in [0.717, 1.165) is 24.4 Å². The number of nitriles is 1. The smallest absolute Gasteiger partial charge is 0.142 e. The van der Waals surface area contributed by atoms with Gasteiger partial charge in [-0.15, -0.1) is 0 Å². The molecule has 0 saturated carbocycles. The topological polar surface area (TPSA) is 48.3 Å². The van der Waals surface area contributed by atoms with Crippen LogP contribution in [0.1, 0.15) is 20.3 Å². The Balaban J connectivity index is 2.83. The Kier molecular flexibility index (Phi) is 5.65. The SMILES string of the molecule is CCCNC(C)(C#N)CN(C)c1ccccc1OC. The molecule has 0 saturated heterocycles. The minimum Gasteiger partial charge on any atom is -0.495 e. The van der Waals surface area contributed by atoms with Crippen molar-refractivity contribution in [3.05, 3.63) is 24.3 Å². The first-order chi connectivity index (χ1) is 9.06. The molecule has 1 rings (SSSR count). The lowest BCUT2D eigenvalue weighted by atomic mass is 10.0. The Morgan fingerprint density at radius 2 is 2.11 bits per heavy atom. The van der Waals surface area contributed by atoms with Crippen LogP contribution in [0.3, 0.4) is 0 Å². The van der Waals surface area contributed by atoms with Gasteiger partial charge in [0.05, 0.1) is 18.9 Å². The van der Waals surface area contributed by atoms with Crippen LogP contribution in [-0.4, -0.2) is 32.8 Å². The molecule has 1 aromatic carbocycles. The number of likely N-dealkylation sites (N-methyl/N-ethyl adjacent to an activating group) is 1. The Morgan fingerprint density at radius 1 is 1.42 bits per heavy atom. The Hall–Kier alpha value is -1.73. The van der Waals surface area contributed by atoms with Crippen molar-refractivity contribution in [3.8, 4) is 11.8 Å². The highest BCUT2D eigenvalue weighted by molar-refractivity contribution is 5.58. The maximum atomic E-state index is 9.36. The molecule has 1 N–H and O–H groups in total. The number of hydrogen-bond donors (Lipinski definition) is 1. The number of anilines is 1. The van der Waals surface area contributed by atoms with E-state index in [1.54, 1.807) is 7.11 Å². The molecular formula is C15H23N3O. The summed E-state index contributed by atoms with van der Waals surface area (Å²) in [4.78, 5) is 2.05. The van der Waals surface area contributed by atoms with Crippen LogP contribution in [0.2, 0.25) is 0 Å². The van der Waals surface area contributed by atoms with E-state index in [9.17, 15) is 5.26 Å². The van der Waals surface area contributed by atoms with Crippen molar-refractivity contribution in [2.75, 3.05) is 32.1 Å². The zero-order valence-corrected chi connectivity index (χ0v) is 12.2. The maximum absolute atomic E-state index is 9.36. The zero-order chi connectivity index (χ0) is 14.3. The van der Waals surface area contributed by atoms with Crippen LogP contribution in [0.15, 0.2) is 24.3 Å². The number of nitrogens with zero attached hydrogens (tertiary/aromatic N) is 2. The number of rotatable bonds is 7. The van der Waals surface area contributed by atoms with Gasteiger partial charge in [0.15, 0.2) is 0 Å². The van der Waals surface area contributed by atoms with E-state index in [1.807, 2.05) is 43.1 Å². The Morgan fingerprint density at radius 3 is 2.68 bits per heavy atom. The summed E-state index contributed by atoms with van der Waals surface area (Å²) < 4.78 is 5.35. The first-order valence-corrected chi connectivity index (χ1v) is 6.56. The van der Waals surface area contributed by atoms with E-state index in [1.165, 1.54) is 0 Å². The fraction of sp³-hybridized carbons (Fsp3) is 0.533. The van der Waals surface area contributed by atoms with Gasteiger partial charge in [-0.3, -0.25) is 5.32 Å². The molecule has 0 radical (unpaired) electrons. The minimum atomic E-state index is -0.564. The quantitative estimate of drug-likeness (QED) is 0.819. The van der Waals surface area contributed by atoms with Crippen molar-refractivity contribution in [2.45, 2.75) is 25.8 Å². The third kappa shape index (κ3) is 4.15. The molecule has 4 nitrogen and oxygen atoms in total. The van der Waals surface area contributed by atoms with Crippen LogP contribution in [0.4, 0.5) is 5.69 Å². The molecule has 4 heteroatoms. The second-order valence-electron chi connectivity index (χ2n) is 4.90. The molecular weight excluding hydrogens is 238 g/mol. The van der Waals surface area contributed by atoms with E-state index in [0.29, 0.717) is 6.54 Å². The molecule has 0 bridgehead atoms. The summed E-state index contributed by atoms with van der Waals surface area (Å²) in [6.07, 6.45) is 1.01. The van der Waals surface area contributed by atoms with Crippen LogP contribution in [0.25, 0.3) is 0 Å². The van der Waals surface area contributed by atoms with Crippen molar-refractivity contribution in [2.24, 2.45) is 0 Å². The molecule has 0 heterocycles. The van der Waals surface area contributed by atoms with Gasteiger partial charge in [0, 0.05) is 13.6 Å². The normalized spacial score (nSPS) is 13.4. The number of methoxy groups -OCH3 is 1. The lowest BCUT2D eigenvalue weighted by Gasteiger charge is -2.31. The summed E-state index contributed by atoms with van der Waals surface area (Å²) >= 11 is 0. The van der Waals surface area contributed by atoms with Crippen molar-refractivity contribution in [3.63, 3.8) is 0 Å². The van der Waals surface area contributed by atoms with E-state index in [-0.39, 0.29) is 0 Å². The molecule has 0 aliphatic heterocycles. The van der Waals surface area contributed by atoms with Crippen LogP contribution in [-0.2, 0) is 0 Å². The summed E-state index contributed by atoms with van der Waals surface area (Å²) in [5.74, 6) is 0.820. The van der Waals surface area contributed by atoms with Gasteiger partial charge in [0.1, 0.15) is 11.3 Å². The fourth-order valence-electron chi connectivity index (χ4n) is 2.04. The van der Waals surface area contributed by atoms with E-state index >= 15 is 0 Å². The summed E-state index contributed by atoms with van der Waals surface area (Å²) in [5.41, 5.74) is 0.427. The zero-order valence-electron chi connectivity index (χ0n) is 12.2. The van der Waals surface area contributed by atoms with Gasteiger partial charge in [0.25, 0.3) is 0 Å². The van der Waals surface area contributed by atoms with Crippen molar-refractivity contribution in [1.82, 2.24) is 5.32 Å². The average molecular weight is 261 g/mol. The van der Waals surface area contributed by atoms with Crippen LogP contribution in [0.5, 0.6) is 5.75 Å². The van der Waals surface area contributed by atoms with Crippen LogP contribution >= 0.6 is 0 Å². The van der Waals surface area contributed by atoms with Gasteiger partial charge in [-0.2, -0.15) is 5.26 Å². The summed E-state index contributed by atoms with van der Waals surface area (Å²) in [6.45, 7) is 5.46. The molecule has 0 spiro atoms. The van der Waals surface area contributed by atoms with E-state index in [4.69, 9.17) is 4.74 Å². The highest BCUT2D eigenvalue weighted by Gasteiger charge is 2.25. The fourth-order valence-corrected chi connectivity index (χ4v) is 2.04.